The average molecular weight is 443 g/mol. The van der Waals surface area contributed by atoms with Crippen molar-refractivity contribution in [2.45, 2.75) is 13.5 Å². The maximum Gasteiger partial charge on any atom is 0.258 e. The first-order chi connectivity index (χ1) is 16.0. The van der Waals surface area contributed by atoms with E-state index in [1.807, 2.05) is 55.5 Å². The Morgan fingerprint density at radius 3 is 2.42 bits per heavy atom. The van der Waals surface area contributed by atoms with Crippen molar-refractivity contribution in [1.82, 2.24) is 14.8 Å². The van der Waals surface area contributed by atoms with Gasteiger partial charge in [0.1, 0.15) is 11.7 Å². The van der Waals surface area contributed by atoms with Crippen LogP contribution in [0, 0.1) is 12.3 Å². The van der Waals surface area contributed by atoms with Crippen molar-refractivity contribution in [1.29, 1.82) is 5.41 Å². The SMILES string of the molecule is Cc1ccc(NC(=O)c2ccccc2NCc2ccc(C(=N)N3CCN(C)CC3)cc2)nc1. The van der Waals surface area contributed by atoms with E-state index >= 15 is 0 Å². The Hall–Kier alpha value is -3.71. The summed E-state index contributed by atoms with van der Waals surface area (Å²) in [5, 5.41) is 14.7. The molecule has 0 unspecified atom stereocenters. The van der Waals surface area contributed by atoms with Gasteiger partial charge in [0.2, 0.25) is 0 Å². The third kappa shape index (κ3) is 5.75. The smallest absolute Gasteiger partial charge is 0.258 e. The predicted octanol–water partition coefficient (Wildman–Crippen LogP) is 3.83. The maximum absolute atomic E-state index is 12.8. The summed E-state index contributed by atoms with van der Waals surface area (Å²) in [6.45, 7) is 6.27. The van der Waals surface area contributed by atoms with Gasteiger partial charge < -0.3 is 20.4 Å². The lowest BCUT2D eigenvalue weighted by atomic mass is 10.1. The highest BCUT2D eigenvalue weighted by molar-refractivity contribution is 6.07. The van der Waals surface area contributed by atoms with Crippen molar-refractivity contribution >= 4 is 23.2 Å². The van der Waals surface area contributed by atoms with E-state index in [2.05, 4.69) is 32.5 Å². The van der Waals surface area contributed by atoms with Gasteiger partial charge in [-0.2, -0.15) is 0 Å². The molecule has 1 saturated heterocycles. The Balaban J connectivity index is 1.37. The molecule has 0 bridgehead atoms. The van der Waals surface area contributed by atoms with E-state index < -0.39 is 0 Å². The van der Waals surface area contributed by atoms with E-state index in [0.717, 1.165) is 48.6 Å². The fraction of sp³-hybridized carbons (Fsp3) is 0.269. The summed E-state index contributed by atoms with van der Waals surface area (Å²) in [5.74, 6) is 0.901. The Kier molecular flexibility index (Phi) is 7.00. The van der Waals surface area contributed by atoms with Gasteiger partial charge in [-0.15, -0.1) is 0 Å². The number of aromatic nitrogens is 1. The molecule has 2 aromatic carbocycles. The van der Waals surface area contributed by atoms with Gasteiger partial charge >= 0.3 is 0 Å². The first-order valence-electron chi connectivity index (χ1n) is 11.2. The number of hydrogen-bond acceptors (Lipinski definition) is 5. The second-order valence-electron chi connectivity index (χ2n) is 8.41. The molecule has 0 saturated carbocycles. The zero-order chi connectivity index (χ0) is 23.2. The first-order valence-corrected chi connectivity index (χ1v) is 11.2. The standard InChI is InChI=1S/C26H30N6O/c1-19-7-12-24(29-17-19)30-26(33)22-5-3-4-6-23(22)28-18-20-8-10-21(11-9-20)25(27)32-15-13-31(2)14-16-32/h3-12,17,27-28H,13-16,18H2,1-2H3,(H,29,30,33). The van der Waals surface area contributed by atoms with E-state index in [0.29, 0.717) is 23.8 Å². The molecule has 0 spiro atoms. The number of hydrogen-bond donors (Lipinski definition) is 3. The second-order valence-corrected chi connectivity index (χ2v) is 8.41. The minimum atomic E-state index is -0.203. The van der Waals surface area contributed by atoms with Crippen LogP contribution in [0.1, 0.15) is 27.0 Å². The van der Waals surface area contributed by atoms with E-state index in [-0.39, 0.29) is 5.91 Å². The molecule has 3 N–H and O–H groups in total. The molecule has 170 valence electrons. The molecule has 2 heterocycles. The molecular formula is C26H30N6O. The summed E-state index contributed by atoms with van der Waals surface area (Å²) in [7, 11) is 2.12. The summed E-state index contributed by atoms with van der Waals surface area (Å²) in [6.07, 6.45) is 1.73. The number of likely N-dealkylation sites (N-methyl/N-ethyl adjacent to an activating group) is 1. The quantitative estimate of drug-likeness (QED) is 0.399. The third-order valence-electron chi connectivity index (χ3n) is 5.85. The summed E-state index contributed by atoms with van der Waals surface area (Å²) < 4.78 is 0. The van der Waals surface area contributed by atoms with Crippen LogP contribution in [-0.4, -0.2) is 59.8 Å². The summed E-state index contributed by atoms with van der Waals surface area (Å²) in [6, 6.07) is 19.2. The molecule has 7 nitrogen and oxygen atoms in total. The van der Waals surface area contributed by atoms with Crippen molar-refractivity contribution < 1.29 is 4.79 Å². The van der Waals surface area contributed by atoms with Crippen LogP contribution in [0.15, 0.2) is 66.9 Å². The van der Waals surface area contributed by atoms with E-state index in [1.54, 1.807) is 18.3 Å². The normalized spacial score (nSPS) is 14.1. The Labute approximate surface area is 195 Å². The van der Waals surface area contributed by atoms with E-state index in [1.165, 1.54) is 0 Å². The number of carbonyl (C=O) groups excluding carboxylic acids is 1. The average Bonchev–Trinajstić information content (AvgIpc) is 2.85. The number of aryl methyl sites for hydroxylation is 1. The van der Waals surface area contributed by atoms with Gasteiger partial charge in [0.05, 0.1) is 5.56 Å². The number of benzene rings is 2. The van der Waals surface area contributed by atoms with Crippen LogP contribution in [0.4, 0.5) is 11.5 Å². The van der Waals surface area contributed by atoms with Crippen LogP contribution >= 0.6 is 0 Å². The fourth-order valence-electron chi connectivity index (χ4n) is 3.75. The molecule has 0 aliphatic carbocycles. The van der Waals surface area contributed by atoms with Crippen LogP contribution < -0.4 is 10.6 Å². The maximum atomic E-state index is 12.8. The molecular weight excluding hydrogens is 412 g/mol. The Morgan fingerprint density at radius 2 is 1.73 bits per heavy atom. The fourth-order valence-corrected chi connectivity index (χ4v) is 3.75. The minimum absolute atomic E-state index is 0.203. The number of amides is 1. The molecule has 1 amide bonds. The zero-order valence-corrected chi connectivity index (χ0v) is 19.1. The molecule has 7 heteroatoms. The third-order valence-corrected chi connectivity index (χ3v) is 5.85. The molecule has 0 atom stereocenters. The summed E-state index contributed by atoms with van der Waals surface area (Å²) >= 11 is 0. The predicted molar refractivity (Wildman–Crippen MR) is 133 cm³/mol. The monoisotopic (exact) mass is 442 g/mol. The number of para-hydroxylation sites is 1. The van der Waals surface area contributed by atoms with Crippen molar-refractivity contribution in [3.05, 3.63) is 89.1 Å². The number of anilines is 2. The Bertz CT molecular complexity index is 1100. The molecule has 4 rings (SSSR count). The lowest BCUT2D eigenvalue weighted by Crippen LogP contribution is -2.47. The van der Waals surface area contributed by atoms with Crippen molar-refractivity contribution in [3.8, 4) is 0 Å². The highest BCUT2D eigenvalue weighted by Crippen LogP contribution is 2.18. The van der Waals surface area contributed by atoms with Crippen LogP contribution in [0.2, 0.25) is 0 Å². The molecule has 1 fully saturated rings. The number of nitrogens with zero attached hydrogens (tertiary/aromatic N) is 3. The van der Waals surface area contributed by atoms with Crippen molar-refractivity contribution in [2.75, 3.05) is 43.9 Å². The molecule has 1 aliphatic heterocycles. The molecule has 0 radical (unpaired) electrons. The van der Waals surface area contributed by atoms with Crippen LogP contribution in [0.25, 0.3) is 0 Å². The number of carbonyl (C=O) groups is 1. The highest BCUT2D eigenvalue weighted by atomic mass is 16.1. The van der Waals surface area contributed by atoms with Gasteiger partial charge in [0, 0.05) is 50.2 Å². The summed E-state index contributed by atoms with van der Waals surface area (Å²) in [4.78, 5) is 21.5. The number of amidine groups is 1. The zero-order valence-electron chi connectivity index (χ0n) is 19.1. The largest absolute Gasteiger partial charge is 0.380 e. The van der Waals surface area contributed by atoms with E-state index in [9.17, 15) is 4.79 Å². The molecule has 33 heavy (non-hydrogen) atoms. The Morgan fingerprint density at radius 1 is 1.00 bits per heavy atom. The second kappa shape index (κ2) is 10.3. The number of rotatable bonds is 6. The number of nitrogens with one attached hydrogen (secondary N) is 3. The van der Waals surface area contributed by atoms with Gasteiger partial charge in [-0.05, 0) is 43.3 Å². The number of piperazine rings is 1. The van der Waals surface area contributed by atoms with Gasteiger partial charge in [0.15, 0.2) is 0 Å². The van der Waals surface area contributed by atoms with Gasteiger partial charge in [0.25, 0.3) is 5.91 Å². The van der Waals surface area contributed by atoms with Gasteiger partial charge in [-0.3, -0.25) is 10.2 Å². The summed E-state index contributed by atoms with van der Waals surface area (Å²) in [5.41, 5.74) is 4.37. The number of pyridine rings is 1. The lowest BCUT2D eigenvalue weighted by molar-refractivity contribution is 0.102. The van der Waals surface area contributed by atoms with E-state index in [4.69, 9.17) is 5.41 Å². The molecule has 3 aromatic rings. The van der Waals surface area contributed by atoms with Crippen LogP contribution in [-0.2, 0) is 6.54 Å². The van der Waals surface area contributed by atoms with Gasteiger partial charge in [-0.25, -0.2) is 4.98 Å². The molecule has 1 aliphatic rings. The van der Waals surface area contributed by atoms with Crippen molar-refractivity contribution in [3.63, 3.8) is 0 Å². The minimum Gasteiger partial charge on any atom is -0.380 e. The highest BCUT2D eigenvalue weighted by Gasteiger charge is 2.17. The van der Waals surface area contributed by atoms with Crippen LogP contribution in [0.3, 0.4) is 0 Å². The van der Waals surface area contributed by atoms with Crippen LogP contribution in [0.5, 0.6) is 0 Å². The first kappa shape index (κ1) is 22.5. The van der Waals surface area contributed by atoms with Crippen molar-refractivity contribution in [2.24, 2.45) is 0 Å². The topological polar surface area (TPSA) is 84.3 Å². The lowest BCUT2D eigenvalue weighted by Gasteiger charge is -2.34. The van der Waals surface area contributed by atoms with Gasteiger partial charge in [-0.1, -0.05) is 42.5 Å². The molecule has 1 aromatic heterocycles.